The van der Waals surface area contributed by atoms with Crippen LogP contribution in [-0.2, 0) is 26.2 Å². The molecule has 2 aromatic carbocycles. The van der Waals surface area contributed by atoms with Gasteiger partial charge in [0.05, 0.1) is 11.9 Å². The molecule has 0 radical (unpaired) electrons. The Balaban J connectivity index is 2.17. The first-order valence-electron chi connectivity index (χ1n) is 10.9. The van der Waals surface area contributed by atoms with E-state index in [0.29, 0.717) is 12.1 Å². The topological polar surface area (TPSA) is 86.8 Å². The van der Waals surface area contributed by atoms with Crippen molar-refractivity contribution in [1.82, 2.24) is 10.2 Å². The summed E-state index contributed by atoms with van der Waals surface area (Å²) in [6.07, 6.45) is 1.83. The summed E-state index contributed by atoms with van der Waals surface area (Å²) in [5.41, 5.74) is 2.33. The van der Waals surface area contributed by atoms with Crippen LogP contribution in [0.1, 0.15) is 37.3 Å². The summed E-state index contributed by atoms with van der Waals surface area (Å²) in [5.74, 6) is -0.949. The molecule has 1 N–H and O–H groups in total. The molecule has 180 valence electrons. The molecule has 0 bridgehead atoms. The number of rotatable bonds is 11. The van der Waals surface area contributed by atoms with Crippen LogP contribution in [0.25, 0.3) is 0 Å². The predicted molar refractivity (Wildman–Crippen MR) is 128 cm³/mol. The number of aryl methyl sites for hydroxylation is 1. The highest BCUT2D eigenvalue weighted by Crippen LogP contribution is 2.20. The number of hydrogen-bond acceptors (Lipinski definition) is 4. The lowest BCUT2D eigenvalue weighted by Gasteiger charge is -2.31. The van der Waals surface area contributed by atoms with Crippen LogP contribution in [0.3, 0.4) is 0 Å². The summed E-state index contributed by atoms with van der Waals surface area (Å²) in [7, 11) is -2.08. The average molecular weight is 478 g/mol. The second-order valence-corrected chi connectivity index (χ2v) is 9.87. The Hall–Kier alpha value is -2.94. The minimum atomic E-state index is -3.62. The van der Waals surface area contributed by atoms with Crippen molar-refractivity contribution in [3.05, 3.63) is 65.5 Å². The van der Waals surface area contributed by atoms with Crippen LogP contribution in [-0.4, -0.2) is 51.0 Å². The molecule has 0 saturated heterocycles. The van der Waals surface area contributed by atoms with Gasteiger partial charge in [0, 0.05) is 26.6 Å². The van der Waals surface area contributed by atoms with Crippen molar-refractivity contribution < 1.29 is 22.4 Å². The van der Waals surface area contributed by atoms with Gasteiger partial charge in [-0.2, -0.15) is 0 Å². The molecule has 0 unspecified atom stereocenters. The molecule has 0 spiro atoms. The molecule has 2 aromatic rings. The van der Waals surface area contributed by atoms with Gasteiger partial charge in [0.25, 0.3) is 0 Å². The quantitative estimate of drug-likeness (QED) is 0.538. The minimum absolute atomic E-state index is 0.0609. The van der Waals surface area contributed by atoms with Gasteiger partial charge in [0.1, 0.15) is 11.9 Å². The lowest BCUT2D eigenvalue weighted by molar-refractivity contribution is -0.141. The molecule has 0 aliphatic rings. The van der Waals surface area contributed by atoms with E-state index >= 15 is 0 Å². The first-order chi connectivity index (χ1) is 15.6. The Morgan fingerprint density at radius 2 is 1.67 bits per heavy atom. The number of nitrogens with zero attached hydrogens (tertiary/aromatic N) is 2. The third-order valence-corrected chi connectivity index (χ3v) is 6.57. The zero-order chi connectivity index (χ0) is 24.6. The van der Waals surface area contributed by atoms with Crippen LogP contribution in [0, 0.1) is 12.7 Å². The van der Waals surface area contributed by atoms with Gasteiger partial charge >= 0.3 is 0 Å². The van der Waals surface area contributed by atoms with Crippen molar-refractivity contribution in [2.75, 3.05) is 24.2 Å². The Morgan fingerprint density at radius 3 is 2.18 bits per heavy atom. The first kappa shape index (κ1) is 26.3. The smallest absolute Gasteiger partial charge is 0.242 e. The highest BCUT2D eigenvalue weighted by Gasteiger charge is 2.28. The summed E-state index contributed by atoms with van der Waals surface area (Å²) in [6.45, 7) is 4.15. The number of benzene rings is 2. The van der Waals surface area contributed by atoms with Gasteiger partial charge in [-0.25, -0.2) is 12.8 Å². The molecular weight excluding hydrogens is 445 g/mol. The molecule has 2 rings (SSSR count). The van der Waals surface area contributed by atoms with Gasteiger partial charge in [0.15, 0.2) is 0 Å². The number of nitrogens with one attached hydrogen (secondary N) is 1. The van der Waals surface area contributed by atoms with Crippen molar-refractivity contribution in [3.63, 3.8) is 0 Å². The second kappa shape index (κ2) is 11.8. The van der Waals surface area contributed by atoms with Crippen LogP contribution < -0.4 is 9.62 Å². The van der Waals surface area contributed by atoms with Crippen molar-refractivity contribution in [2.45, 2.75) is 45.7 Å². The fraction of sp³-hybridized carbons (Fsp3) is 0.417. The number of likely N-dealkylation sites (N-methyl/N-ethyl adjacent to an activating group) is 1. The van der Waals surface area contributed by atoms with Crippen molar-refractivity contribution in [1.29, 1.82) is 0 Å². The molecule has 0 aromatic heterocycles. The van der Waals surface area contributed by atoms with E-state index in [1.165, 1.54) is 31.3 Å². The van der Waals surface area contributed by atoms with Crippen LogP contribution in [0.15, 0.2) is 48.5 Å². The zero-order valence-electron chi connectivity index (χ0n) is 19.5. The van der Waals surface area contributed by atoms with Gasteiger partial charge in [-0.3, -0.25) is 13.9 Å². The Kier molecular flexibility index (Phi) is 9.40. The van der Waals surface area contributed by atoms with Gasteiger partial charge < -0.3 is 10.2 Å². The molecule has 0 aliphatic heterocycles. The highest BCUT2D eigenvalue weighted by molar-refractivity contribution is 7.92. The molecular formula is C24H32FN3O4S. The van der Waals surface area contributed by atoms with E-state index in [1.807, 2.05) is 38.1 Å². The molecule has 2 amide bonds. The zero-order valence-corrected chi connectivity index (χ0v) is 20.4. The van der Waals surface area contributed by atoms with Gasteiger partial charge in [-0.15, -0.1) is 0 Å². The van der Waals surface area contributed by atoms with Crippen molar-refractivity contribution in [3.8, 4) is 0 Å². The fourth-order valence-electron chi connectivity index (χ4n) is 3.59. The number of carbonyl (C=O) groups is 2. The summed E-state index contributed by atoms with van der Waals surface area (Å²) in [5, 5.41) is 2.62. The van der Waals surface area contributed by atoms with Gasteiger partial charge in [-0.05, 0) is 49.6 Å². The average Bonchev–Trinajstić information content (AvgIpc) is 2.77. The molecule has 0 fully saturated rings. The third-order valence-electron chi connectivity index (χ3n) is 5.37. The largest absolute Gasteiger partial charge is 0.357 e. The fourth-order valence-corrected chi connectivity index (χ4v) is 4.55. The van der Waals surface area contributed by atoms with E-state index in [0.717, 1.165) is 21.7 Å². The predicted octanol–water partition coefficient (Wildman–Crippen LogP) is 3.23. The molecule has 33 heavy (non-hydrogen) atoms. The summed E-state index contributed by atoms with van der Waals surface area (Å²) >= 11 is 0. The van der Waals surface area contributed by atoms with Crippen LogP contribution in [0.4, 0.5) is 10.1 Å². The Bertz CT molecular complexity index is 1040. The number of halogens is 1. The number of hydrogen-bond donors (Lipinski definition) is 1. The van der Waals surface area contributed by atoms with Crippen LogP contribution >= 0.6 is 0 Å². The normalized spacial score (nSPS) is 12.2. The van der Waals surface area contributed by atoms with Crippen molar-refractivity contribution >= 4 is 27.5 Å². The van der Waals surface area contributed by atoms with Crippen molar-refractivity contribution in [2.24, 2.45) is 0 Å². The summed E-state index contributed by atoms with van der Waals surface area (Å²) in [4.78, 5) is 27.2. The second-order valence-electron chi connectivity index (χ2n) is 7.96. The lowest BCUT2D eigenvalue weighted by Crippen LogP contribution is -2.48. The lowest BCUT2D eigenvalue weighted by atomic mass is 10.1. The van der Waals surface area contributed by atoms with Crippen LogP contribution in [0.2, 0.25) is 0 Å². The SMILES string of the molecule is CC[C@H](C(=O)NC)N(Cc1ccc(C)cc1)C(=O)CCCN(c1ccc(F)cc1)S(C)(=O)=O. The summed E-state index contributed by atoms with van der Waals surface area (Å²) < 4.78 is 38.9. The van der Waals surface area contributed by atoms with E-state index in [9.17, 15) is 22.4 Å². The van der Waals surface area contributed by atoms with E-state index in [1.54, 1.807) is 4.90 Å². The molecule has 0 saturated carbocycles. The van der Waals surface area contributed by atoms with E-state index in [-0.39, 0.29) is 37.7 Å². The number of anilines is 1. The number of carbonyl (C=O) groups excluding carboxylic acids is 2. The highest BCUT2D eigenvalue weighted by atomic mass is 32.2. The summed E-state index contributed by atoms with van der Waals surface area (Å²) in [6, 6.07) is 12.3. The Morgan fingerprint density at radius 1 is 1.06 bits per heavy atom. The maximum atomic E-state index is 13.2. The monoisotopic (exact) mass is 477 g/mol. The van der Waals surface area contributed by atoms with E-state index in [2.05, 4.69) is 5.32 Å². The van der Waals surface area contributed by atoms with Crippen LogP contribution in [0.5, 0.6) is 0 Å². The van der Waals surface area contributed by atoms with E-state index in [4.69, 9.17) is 0 Å². The standard InChI is InChI=1S/C24H32FN3O4S/c1-5-22(24(30)26-3)27(17-19-10-8-18(2)9-11-19)23(29)7-6-16-28(33(4,31)32)21-14-12-20(25)13-15-21/h8-15,22H,5-7,16-17H2,1-4H3,(H,26,30)/t22-/m1/s1. The molecule has 1 atom stereocenters. The number of amides is 2. The maximum absolute atomic E-state index is 13.2. The van der Waals surface area contributed by atoms with Gasteiger partial charge in [0.2, 0.25) is 21.8 Å². The molecule has 0 heterocycles. The molecule has 9 heteroatoms. The maximum Gasteiger partial charge on any atom is 0.242 e. The number of sulfonamides is 1. The van der Waals surface area contributed by atoms with Gasteiger partial charge in [-0.1, -0.05) is 36.8 Å². The molecule has 7 nitrogen and oxygen atoms in total. The first-order valence-corrected chi connectivity index (χ1v) is 12.7. The molecule has 0 aliphatic carbocycles. The van der Waals surface area contributed by atoms with E-state index < -0.39 is 21.9 Å². The Labute approximate surface area is 195 Å². The minimum Gasteiger partial charge on any atom is -0.357 e. The third kappa shape index (κ3) is 7.56.